The lowest BCUT2D eigenvalue weighted by atomic mass is 10.1. The molecule has 2 rings (SSSR count). The molecule has 1 N–H and O–H groups in total. The number of rotatable bonds is 9. The maximum absolute atomic E-state index is 11.2. The number of ether oxygens (including phenoxy) is 2. The van der Waals surface area contributed by atoms with Crippen molar-refractivity contribution in [3.63, 3.8) is 0 Å². The average Bonchev–Trinajstić information content (AvgIpc) is 2.61. The number of hydrogen-bond donors (Lipinski definition) is 1. The minimum atomic E-state index is -0.247. The predicted molar refractivity (Wildman–Crippen MR) is 95.6 cm³/mol. The van der Waals surface area contributed by atoms with Gasteiger partial charge < -0.3 is 14.8 Å². The van der Waals surface area contributed by atoms with E-state index < -0.39 is 0 Å². The summed E-state index contributed by atoms with van der Waals surface area (Å²) in [5.41, 5.74) is 2.16. The van der Waals surface area contributed by atoms with Crippen molar-refractivity contribution < 1.29 is 14.3 Å². The number of nitrogens with zero attached hydrogens (tertiary/aromatic N) is 1. The fourth-order valence-corrected chi connectivity index (χ4v) is 2.30. The molecule has 0 atom stereocenters. The summed E-state index contributed by atoms with van der Waals surface area (Å²) in [6.45, 7) is 3.44. The van der Waals surface area contributed by atoms with Crippen molar-refractivity contribution in [2.24, 2.45) is 0 Å². The summed E-state index contributed by atoms with van der Waals surface area (Å²) in [4.78, 5) is 11.2. The third kappa shape index (κ3) is 6.56. The Balaban J connectivity index is 1.73. The first-order valence-electron chi connectivity index (χ1n) is 8.23. The summed E-state index contributed by atoms with van der Waals surface area (Å²) in [5, 5.41) is 11.1. The van der Waals surface area contributed by atoms with Crippen LogP contribution in [0.5, 0.6) is 11.5 Å². The van der Waals surface area contributed by atoms with Gasteiger partial charge >= 0.3 is 0 Å². The summed E-state index contributed by atoms with van der Waals surface area (Å²) in [5.74, 6) is 1.39. The van der Waals surface area contributed by atoms with E-state index in [2.05, 4.69) is 5.32 Å². The molecular formula is C20H22N2O3. The van der Waals surface area contributed by atoms with Gasteiger partial charge in [0.1, 0.15) is 31.1 Å². The van der Waals surface area contributed by atoms with Crippen LogP contribution in [-0.4, -0.2) is 25.7 Å². The predicted octanol–water partition coefficient (Wildman–Crippen LogP) is 3.03. The highest BCUT2D eigenvalue weighted by atomic mass is 16.5. The number of benzene rings is 2. The molecule has 5 nitrogen and oxygen atoms in total. The fourth-order valence-electron chi connectivity index (χ4n) is 2.30. The molecule has 0 aromatic heterocycles. The van der Waals surface area contributed by atoms with Gasteiger partial charge in [0.05, 0.1) is 6.07 Å². The molecular weight excluding hydrogens is 316 g/mol. The van der Waals surface area contributed by atoms with Gasteiger partial charge in [-0.15, -0.1) is 0 Å². The normalized spacial score (nSPS) is 9.92. The first kappa shape index (κ1) is 18.3. The first-order chi connectivity index (χ1) is 12.2. The maximum Gasteiger partial charge on any atom is 0.234 e. The Morgan fingerprint density at radius 3 is 2.72 bits per heavy atom. The molecule has 0 aliphatic rings. The van der Waals surface area contributed by atoms with Gasteiger partial charge in [-0.05, 0) is 42.7 Å². The van der Waals surface area contributed by atoms with Gasteiger partial charge in [-0.2, -0.15) is 5.26 Å². The van der Waals surface area contributed by atoms with Crippen LogP contribution in [0.15, 0.2) is 48.5 Å². The van der Waals surface area contributed by atoms with Crippen LogP contribution < -0.4 is 14.8 Å². The largest absolute Gasteiger partial charge is 0.490 e. The molecule has 0 saturated heterocycles. The molecule has 0 bridgehead atoms. The average molecular weight is 338 g/mol. The van der Waals surface area contributed by atoms with Gasteiger partial charge in [-0.3, -0.25) is 4.79 Å². The van der Waals surface area contributed by atoms with E-state index in [0.29, 0.717) is 26.2 Å². The van der Waals surface area contributed by atoms with Crippen LogP contribution in [0, 0.1) is 18.3 Å². The number of hydrogen-bond acceptors (Lipinski definition) is 4. The molecule has 0 spiro atoms. The zero-order chi connectivity index (χ0) is 17.9. The highest BCUT2D eigenvalue weighted by molar-refractivity contribution is 5.77. The van der Waals surface area contributed by atoms with E-state index in [1.165, 1.54) is 0 Å². The Morgan fingerprint density at radius 2 is 1.92 bits per heavy atom. The number of nitriles is 1. The van der Waals surface area contributed by atoms with E-state index in [4.69, 9.17) is 14.7 Å². The number of para-hydroxylation sites is 1. The van der Waals surface area contributed by atoms with E-state index in [-0.39, 0.29) is 12.3 Å². The lowest BCUT2D eigenvalue weighted by molar-refractivity contribution is -0.120. The summed E-state index contributed by atoms with van der Waals surface area (Å²) < 4.78 is 11.4. The number of aryl methyl sites for hydroxylation is 1. The van der Waals surface area contributed by atoms with Crippen molar-refractivity contribution in [3.8, 4) is 17.6 Å². The first-order valence-corrected chi connectivity index (χ1v) is 8.23. The van der Waals surface area contributed by atoms with Crippen molar-refractivity contribution in [1.82, 2.24) is 5.32 Å². The van der Waals surface area contributed by atoms with Gasteiger partial charge in [-0.1, -0.05) is 30.3 Å². The third-order valence-corrected chi connectivity index (χ3v) is 3.58. The lowest BCUT2D eigenvalue weighted by Crippen LogP contribution is -2.24. The molecule has 5 heteroatoms. The standard InChI is InChI=1S/C20H22N2O3/c1-16-5-2-3-8-19(16)25-14-13-24-18-7-4-6-17(15-18)10-12-22-20(23)9-11-21/h2-8,15H,9-10,12-14H2,1H3,(H,22,23). The van der Waals surface area contributed by atoms with Crippen LogP contribution in [0.1, 0.15) is 17.5 Å². The summed E-state index contributed by atoms with van der Waals surface area (Å²) in [6, 6.07) is 17.4. The zero-order valence-corrected chi connectivity index (χ0v) is 14.3. The van der Waals surface area contributed by atoms with Crippen LogP contribution in [-0.2, 0) is 11.2 Å². The highest BCUT2D eigenvalue weighted by Crippen LogP contribution is 2.17. The van der Waals surface area contributed by atoms with E-state index >= 15 is 0 Å². The topological polar surface area (TPSA) is 71.3 Å². The van der Waals surface area contributed by atoms with E-state index in [1.54, 1.807) is 0 Å². The molecule has 0 radical (unpaired) electrons. The van der Waals surface area contributed by atoms with Crippen molar-refractivity contribution in [3.05, 3.63) is 59.7 Å². The van der Waals surface area contributed by atoms with E-state index in [9.17, 15) is 4.79 Å². The van der Waals surface area contributed by atoms with Gasteiger partial charge in [0.15, 0.2) is 0 Å². The highest BCUT2D eigenvalue weighted by Gasteiger charge is 2.02. The Morgan fingerprint density at radius 1 is 1.12 bits per heavy atom. The molecule has 130 valence electrons. The number of amides is 1. The smallest absolute Gasteiger partial charge is 0.234 e. The minimum Gasteiger partial charge on any atom is -0.490 e. The number of nitrogens with one attached hydrogen (secondary N) is 1. The van der Waals surface area contributed by atoms with Crippen LogP contribution >= 0.6 is 0 Å². The van der Waals surface area contributed by atoms with Crippen molar-refractivity contribution in [2.75, 3.05) is 19.8 Å². The molecule has 2 aromatic rings. The number of carbonyl (C=O) groups excluding carboxylic acids is 1. The summed E-state index contributed by atoms with van der Waals surface area (Å²) >= 11 is 0. The number of carbonyl (C=O) groups is 1. The van der Waals surface area contributed by atoms with Crippen LogP contribution in [0.2, 0.25) is 0 Å². The SMILES string of the molecule is Cc1ccccc1OCCOc1cccc(CCNC(=O)CC#N)c1. The fraction of sp³-hybridized carbons (Fsp3) is 0.300. The molecule has 1 amide bonds. The second-order valence-corrected chi connectivity index (χ2v) is 5.54. The lowest BCUT2D eigenvalue weighted by Gasteiger charge is -2.11. The molecule has 0 heterocycles. The molecule has 0 fully saturated rings. The van der Waals surface area contributed by atoms with Crippen molar-refractivity contribution in [1.29, 1.82) is 5.26 Å². The van der Waals surface area contributed by atoms with E-state index in [0.717, 1.165) is 22.6 Å². The monoisotopic (exact) mass is 338 g/mol. The minimum absolute atomic E-state index is 0.107. The molecule has 0 unspecified atom stereocenters. The third-order valence-electron chi connectivity index (χ3n) is 3.58. The Labute approximate surface area is 148 Å². The molecule has 2 aromatic carbocycles. The second kappa shape index (κ2) is 9.99. The summed E-state index contributed by atoms with van der Waals surface area (Å²) in [7, 11) is 0. The van der Waals surface area contributed by atoms with Crippen LogP contribution in [0.4, 0.5) is 0 Å². The quantitative estimate of drug-likeness (QED) is 0.714. The zero-order valence-electron chi connectivity index (χ0n) is 14.3. The van der Waals surface area contributed by atoms with Gasteiger partial charge in [0.2, 0.25) is 5.91 Å². The molecule has 0 aliphatic heterocycles. The Bertz CT molecular complexity index is 738. The molecule has 0 aliphatic carbocycles. The van der Waals surface area contributed by atoms with Crippen molar-refractivity contribution in [2.45, 2.75) is 19.8 Å². The van der Waals surface area contributed by atoms with Gasteiger partial charge in [0.25, 0.3) is 0 Å². The second-order valence-electron chi connectivity index (χ2n) is 5.54. The Kier molecular flexibility index (Phi) is 7.33. The molecule has 0 saturated carbocycles. The van der Waals surface area contributed by atoms with Crippen LogP contribution in [0.3, 0.4) is 0 Å². The Hall–Kier alpha value is -3.00. The van der Waals surface area contributed by atoms with E-state index in [1.807, 2.05) is 61.5 Å². The van der Waals surface area contributed by atoms with Crippen LogP contribution in [0.25, 0.3) is 0 Å². The maximum atomic E-state index is 11.2. The van der Waals surface area contributed by atoms with Gasteiger partial charge in [-0.25, -0.2) is 0 Å². The summed E-state index contributed by atoms with van der Waals surface area (Å²) in [6.07, 6.45) is 0.581. The van der Waals surface area contributed by atoms with Gasteiger partial charge in [0, 0.05) is 6.54 Å². The molecule has 25 heavy (non-hydrogen) atoms. The van der Waals surface area contributed by atoms with Crippen molar-refractivity contribution >= 4 is 5.91 Å².